The van der Waals surface area contributed by atoms with Gasteiger partial charge in [-0.05, 0) is 38.6 Å². The lowest BCUT2D eigenvalue weighted by Gasteiger charge is -2.25. The van der Waals surface area contributed by atoms with Gasteiger partial charge in [0, 0.05) is 13.2 Å². The third-order valence-electron chi connectivity index (χ3n) is 2.75. The summed E-state index contributed by atoms with van der Waals surface area (Å²) in [6.45, 7) is 9.66. The average Bonchev–Trinajstić information content (AvgIpc) is 2.69. The molecule has 0 fully saturated rings. The van der Waals surface area contributed by atoms with Crippen LogP contribution in [-0.4, -0.2) is 28.7 Å². The molecular weight excluding hydrogens is 246 g/mol. The maximum Gasteiger partial charge on any atom is 0.147 e. The van der Waals surface area contributed by atoms with Gasteiger partial charge in [-0.15, -0.1) is 11.3 Å². The SMILES string of the molecule is CCOC(C)(C)CNc1ncnc2c(C)csc12. The van der Waals surface area contributed by atoms with Crippen molar-refractivity contribution in [3.63, 3.8) is 0 Å². The molecule has 2 heterocycles. The van der Waals surface area contributed by atoms with Crippen LogP contribution in [0.2, 0.25) is 0 Å². The van der Waals surface area contributed by atoms with Crippen molar-refractivity contribution in [1.82, 2.24) is 9.97 Å². The van der Waals surface area contributed by atoms with Gasteiger partial charge in [0.05, 0.1) is 15.8 Å². The normalized spacial score (nSPS) is 12.0. The van der Waals surface area contributed by atoms with Gasteiger partial charge in [0.2, 0.25) is 0 Å². The van der Waals surface area contributed by atoms with Gasteiger partial charge in [-0.1, -0.05) is 0 Å². The lowest BCUT2D eigenvalue weighted by molar-refractivity contribution is 0.000665. The predicted octanol–water partition coefficient (Wildman–Crippen LogP) is 3.23. The van der Waals surface area contributed by atoms with E-state index in [4.69, 9.17) is 4.74 Å². The molecular formula is C13H19N3OS. The molecule has 18 heavy (non-hydrogen) atoms. The van der Waals surface area contributed by atoms with Gasteiger partial charge in [-0.3, -0.25) is 0 Å². The number of fused-ring (bicyclic) bond motifs is 1. The summed E-state index contributed by atoms with van der Waals surface area (Å²) < 4.78 is 6.78. The van der Waals surface area contributed by atoms with Crippen LogP contribution < -0.4 is 5.32 Å². The maximum absolute atomic E-state index is 5.67. The van der Waals surface area contributed by atoms with Crippen molar-refractivity contribution in [3.05, 3.63) is 17.3 Å². The van der Waals surface area contributed by atoms with E-state index in [-0.39, 0.29) is 5.60 Å². The van der Waals surface area contributed by atoms with Gasteiger partial charge in [0.25, 0.3) is 0 Å². The van der Waals surface area contributed by atoms with Gasteiger partial charge >= 0.3 is 0 Å². The molecule has 0 aromatic carbocycles. The van der Waals surface area contributed by atoms with Gasteiger partial charge in [-0.2, -0.15) is 0 Å². The maximum atomic E-state index is 5.67. The zero-order valence-corrected chi connectivity index (χ0v) is 12.1. The number of aromatic nitrogens is 2. The number of rotatable bonds is 5. The van der Waals surface area contributed by atoms with E-state index in [0.717, 1.165) is 22.6 Å². The molecule has 2 aromatic heterocycles. The first-order valence-electron chi connectivity index (χ1n) is 6.10. The summed E-state index contributed by atoms with van der Waals surface area (Å²) in [5.41, 5.74) is 2.04. The third-order valence-corrected chi connectivity index (χ3v) is 3.84. The fraction of sp³-hybridized carbons (Fsp3) is 0.538. The van der Waals surface area contributed by atoms with Crippen LogP contribution in [-0.2, 0) is 4.74 Å². The minimum Gasteiger partial charge on any atom is -0.374 e. The molecule has 0 saturated carbocycles. The molecule has 0 unspecified atom stereocenters. The van der Waals surface area contributed by atoms with Crippen molar-refractivity contribution in [2.45, 2.75) is 33.3 Å². The molecule has 98 valence electrons. The van der Waals surface area contributed by atoms with Crippen molar-refractivity contribution >= 4 is 27.4 Å². The summed E-state index contributed by atoms with van der Waals surface area (Å²) in [7, 11) is 0. The Morgan fingerprint density at radius 1 is 1.39 bits per heavy atom. The molecule has 0 spiro atoms. The molecule has 0 bridgehead atoms. The van der Waals surface area contributed by atoms with Gasteiger partial charge in [0.15, 0.2) is 0 Å². The molecule has 0 atom stereocenters. The monoisotopic (exact) mass is 265 g/mol. The topological polar surface area (TPSA) is 47.0 Å². The van der Waals surface area contributed by atoms with Crippen molar-refractivity contribution in [1.29, 1.82) is 0 Å². The quantitative estimate of drug-likeness (QED) is 0.901. The summed E-state index contributed by atoms with van der Waals surface area (Å²) in [6, 6.07) is 0. The van der Waals surface area contributed by atoms with Crippen molar-refractivity contribution in [3.8, 4) is 0 Å². The van der Waals surface area contributed by atoms with Gasteiger partial charge in [0.1, 0.15) is 12.1 Å². The van der Waals surface area contributed by atoms with Gasteiger partial charge in [-0.25, -0.2) is 9.97 Å². The Hall–Kier alpha value is -1.20. The molecule has 0 aliphatic carbocycles. The fourth-order valence-electron chi connectivity index (χ4n) is 1.83. The van der Waals surface area contributed by atoms with Crippen molar-refractivity contribution in [2.75, 3.05) is 18.5 Å². The number of ether oxygens (including phenoxy) is 1. The molecule has 2 rings (SSSR count). The Kier molecular flexibility index (Phi) is 3.82. The second-order valence-corrected chi connectivity index (χ2v) is 5.74. The summed E-state index contributed by atoms with van der Waals surface area (Å²) in [5.74, 6) is 0.894. The van der Waals surface area contributed by atoms with E-state index in [0.29, 0.717) is 6.61 Å². The number of nitrogens with one attached hydrogen (secondary N) is 1. The average molecular weight is 265 g/mol. The van der Waals surface area contributed by atoms with E-state index in [2.05, 4.69) is 41.4 Å². The number of hydrogen-bond acceptors (Lipinski definition) is 5. The van der Waals surface area contributed by atoms with Gasteiger partial charge < -0.3 is 10.1 Å². The largest absolute Gasteiger partial charge is 0.374 e. The number of aryl methyl sites for hydroxylation is 1. The van der Waals surface area contributed by atoms with Crippen LogP contribution >= 0.6 is 11.3 Å². The summed E-state index contributed by atoms with van der Waals surface area (Å²) in [5, 5.41) is 5.47. The van der Waals surface area contributed by atoms with Crippen LogP contribution in [0.3, 0.4) is 0 Å². The van der Waals surface area contributed by atoms with Crippen LogP contribution in [0.5, 0.6) is 0 Å². The first-order valence-corrected chi connectivity index (χ1v) is 6.98. The Morgan fingerprint density at radius 2 is 2.17 bits per heavy atom. The van der Waals surface area contributed by atoms with Crippen molar-refractivity contribution < 1.29 is 4.74 Å². The van der Waals surface area contributed by atoms with Crippen molar-refractivity contribution in [2.24, 2.45) is 0 Å². The highest BCUT2D eigenvalue weighted by Crippen LogP contribution is 2.28. The summed E-state index contributed by atoms with van der Waals surface area (Å²) in [4.78, 5) is 8.63. The molecule has 0 aliphatic heterocycles. The third kappa shape index (κ3) is 2.79. The molecule has 1 N–H and O–H groups in total. The number of nitrogens with zero attached hydrogens (tertiary/aromatic N) is 2. The minimum absolute atomic E-state index is 0.196. The highest BCUT2D eigenvalue weighted by atomic mass is 32.1. The van der Waals surface area contributed by atoms with Crippen LogP contribution in [0.25, 0.3) is 10.2 Å². The van der Waals surface area contributed by atoms with Crippen LogP contribution in [0.1, 0.15) is 26.3 Å². The fourth-order valence-corrected chi connectivity index (χ4v) is 2.80. The van der Waals surface area contributed by atoms with Crippen LogP contribution in [0.15, 0.2) is 11.7 Å². The molecule has 2 aromatic rings. The molecule has 0 amide bonds. The number of thiophene rings is 1. The summed E-state index contributed by atoms with van der Waals surface area (Å²) >= 11 is 1.68. The molecule has 0 radical (unpaired) electrons. The second kappa shape index (κ2) is 5.20. The Balaban J connectivity index is 2.17. The van der Waals surface area contributed by atoms with E-state index in [1.54, 1.807) is 17.7 Å². The van der Waals surface area contributed by atoms with Crippen LogP contribution in [0, 0.1) is 6.92 Å². The molecule has 4 nitrogen and oxygen atoms in total. The Labute approximate surface area is 111 Å². The van der Waals surface area contributed by atoms with E-state index in [9.17, 15) is 0 Å². The zero-order valence-electron chi connectivity index (χ0n) is 11.3. The molecule has 0 aliphatic rings. The van der Waals surface area contributed by atoms with E-state index in [1.165, 1.54) is 5.56 Å². The van der Waals surface area contributed by atoms with E-state index < -0.39 is 0 Å². The lowest BCUT2D eigenvalue weighted by Crippen LogP contribution is -2.33. The Morgan fingerprint density at radius 3 is 2.89 bits per heavy atom. The number of hydrogen-bond donors (Lipinski definition) is 1. The highest BCUT2D eigenvalue weighted by Gasteiger charge is 2.18. The zero-order chi connectivity index (χ0) is 13.2. The lowest BCUT2D eigenvalue weighted by atomic mass is 10.1. The minimum atomic E-state index is -0.196. The van der Waals surface area contributed by atoms with Crippen LogP contribution in [0.4, 0.5) is 5.82 Å². The molecule has 0 saturated heterocycles. The highest BCUT2D eigenvalue weighted by molar-refractivity contribution is 7.18. The predicted molar refractivity (Wildman–Crippen MR) is 76.3 cm³/mol. The second-order valence-electron chi connectivity index (χ2n) is 4.86. The van der Waals surface area contributed by atoms with E-state index in [1.807, 2.05) is 6.92 Å². The smallest absolute Gasteiger partial charge is 0.147 e. The summed E-state index contributed by atoms with van der Waals surface area (Å²) in [6.07, 6.45) is 1.61. The first-order chi connectivity index (χ1) is 8.53. The first kappa shape index (κ1) is 13.2. The van der Waals surface area contributed by atoms with E-state index >= 15 is 0 Å². The molecule has 5 heteroatoms. The standard InChI is InChI=1S/C13H19N3OS/c1-5-17-13(3,4)7-14-12-11-10(15-8-16-12)9(2)6-18-11/h6,8H,5,7H2,1-4H3,(H,14,15,16). The number of anilines is 1. The Bertz CT molecular complexity index is 536.